The Kier molecular flexibility index (Phi) is 5.76. The molecule has 1 heterocycles. The second-order valence-corrected chi connectivity index (χ2v) is 6.50. The summed E-state index contributed by atoms with van der Waals surface area (Å²) in [7, 11) is 0. The highest BCUT2D eigenvalue weighted by atomic mass is 16.6. The van der Waals surface area contributed by atoms with Crippen LogP contribution in [-0.2, 0) is 19.1 Å². The molecule has 1 rings (SSSR count). The summed E-state index contributed by atoms with van der Waals surface area (Å²) in [4.78, 5) is 23.9. The van der Waals surface area contributed by atoms with E-state index in [0.717, 1.165) is 11.1 Å². The topological polar surface area (TPSA) is 52.6 Å². The Morgan fingerprint density at radius 1 is 1.29 bits per heavy atom. The summed E-state index contributed by atoms with van der Waals surface area (Å²) in [5, 5.41) is 0. The molecule has 0 aromatic heterocycles. The second kappa shape index (κ2) is 6.92. The van der Waals surface area contributed by atoms with Gasteiger partial charge in [-0.05, 0) is 60.5 Å². The van der Waals surface area contributed by atoms with Gasteiger partial charge in [0.25, 0.3) is 0 Å². The highest BCUT2D eigenvalue weighted by molar-refractivity contribution is 5.92. The molecule has 0 spiro atoms. The second-order valence-electron chi connectivity index (χ2n) is 6.50. The zero-order chi connectivity index (χ0) is 16.2. The highest BCUT2D eigenvalue weighted by Crippen LogP contribution is 2.28. The molecule has 1 aliphatic rings. The van der Waals surface area contributed by atoms with E-state index in [9.17, 15) is 9.59 Å². The first-order valence-electron chi connectivity index (χ1n) is 7.38. The number of allylic oxidation sites excluding steroid dienone is 2. The van der Waals surface area contributed by atoms with Crippen LogP contribution >= 0.6 is 0 Å². The maximum absolute atomic E-state index is 12.4. The first-order chi connectivity index (χ1) is 9.63. The third-order valence-corrected chi connectivity index (χ3v) is 3.44. The Morgan fingerprint density at radius 2 is 1.90 bits per heavy atom. The number of hydrogen-bond acceptors (Lipinski definition) is 4. The van der Waals surface area contributed by atoms with Gasteiger partial charge in [0.2, 0.25) is 0 Å². The van der Waals surface area contributed by atoms with E-state index >= 15 is 0 Å². The van der Waals surface area contributed by atoms with Gasteiger partial charge in [-0.2, -0.15) is 0 Å². The van der Waals surface area contributed by atoms with E-state index in [1.54, 1.807) is 13.8 Å². The van der Waals surface area contributed by atoms with Crippen LogP contribution in [0.2, 0.25) is 0 Å². The van der Waals surface area contributed by atoms with Gasteiger partial charge in [0.15, 0.2) is 0 Å². The van der Waals surface area contributed by atoms with Crippen LogP contribution in [0.4, 0.5) is 0 Å². The maximum atomic E-state index is 12.4. The molecule has 0 aliphatic carbocycles. The molecule has 1 aliphatic heterocycles. The van der Waals surface area contributed by atoms with E-state index in [1.165, 1.54) is 0 Å². The minimum absolute atomic E-state index is 0.231. The van der Waals surface area contributed by atoms with Crippen LogP contribution < -0.4 is 0 Å². The van der Waals surface area contributed by atoms with E-state index in [2.05, 4.69) is 0 Å². The molecule has 1 fully saturated rings. The number of cyclic esters (lactones) is 1. The van der Waals surface area contributed by atoms with Gasteiger partial charge >= 0.3 is 11.9 Å². The SMILES string of the molecule is CC(C)=CC(C(=O)OC1CCCC(=O)OC1(C)C)=C(C)C. The van der Waals surface area contributed by atoms with Crippen LogP contribution in [0.25, 0.3) is 0 Å². The summed E-state index contributed by atoms with van der Waals surface area (Å²) < 4.78 is 11.0. The van der Waals surface area contributed by atoms with E-state index in [0.29, 0.717) is 24.8 Å². The molecular formula is C17H26O4. The van der Waals surface area contributed by atoms with E-state index in [-0.39, 0.29) is 11.9 Å². The predicted octanol–water partition coefficient (Wildman–Crippen LogP) is 3.71. The smallest absolute Gasteiger partial charge is 0.338 e. The van der Waals surface area contributed by atoms with Crippen molar-refractivity contribution in [3.05, 3.63) is 22.8 Å². The van der Waals surface area contributed by atoms with Crippen LogP contribution in [0.1, 0.15) is 60.8 Å². The molecule has 1 saturated heterocycles. The van der Waals surface area contributed by atoms with Gasteiger partial charge in [-0.1, -0.05) is 11.1 Å². The van der Waals surface area contributed by atoms with Crippen molar-refractivity contribution >= 4 is 11.9 Å². The first kappa shape index (κ1) is 17.5. The summed E-state index contributed by atoms with van der Waals surface area (Å²) in [5.74, 6) is -0.586. The zero-order valence-corrected chi connectivity index (χ0v) is 13.9. The third kappa shape index (κ3) is 5.03. The molecule has 0 aromatic carbocycles. The van der Waals surface area contributed by atoms with Crippen molar-refractivity contribution in [1.29, 1.82) is 0 Å². The lowest BCUT2D eigenvalue weighted by Gasteiger charge is -2.31. The van der Waals surface area contributed by atoms with Gasteiger partial charge in [0.05, 0.1) is 5.57 Å². The number of hydrogen-bond donors (Lipinski definition) is 0. The van der Waals surface area contributed by atoms with Gasteiger partial charge in [0.1, 0.15) is 11.7 Å². The zero-order valence-electron chi connectivity index (χ0n) is 13.9. The summed E-state index contributed by atoms with van der Waals surface area (Å²) in [5.41, 5.74) is 1.72. The Bertz CT molecular complexity index is 475. The molecule has 4 nitrogen and oxygen atoms in total. The standard InChI is InChI=1S/C17H26O4/c1-11(2)10-13(12(3)4)16(19)20-14-8-7-9-15(18)21-17(14,5)6/h10,14H,7-9H2,1-6H3. The lowest BCUT2D eigenvalue weighted by atomic mass is 9.97. The van der Waals surface area contributed by atoms with Crippen LogP contribution in [0.3, 0.4) is 0 Å². The van der Waals surface area contributed by atoms with Crippen molar-refractivity contribution in [3.63, 3.8) is 0 Å². The lowest BCUT2D eigenvalue weighted by Crippen LogP contribution is -2.42. The fourth-order valence-corrected chi connectivity index (χ4v) is 2.28. The molecule has 0 N–H and O–H groups in total. The van der Waals surface area contributed by atoms with Crippen molar-refractivity contribution in [3.8, 4) is 0 Å². The number of ether oxygens (including phenoxy) is 2. The van der Waals surface area contributed by atoms with Gasteiger partial charge in [-0.3, -0.25) is 4.79 Å². The quantitative estimate of drug-likeness (QED) is 0.452. The highest BCUT2D eigenvalue weighted by Gasteiger charge is 2.38. The molecule has 1 atom stereocenters. The van der Waals surface area contributed by atoms with Gasteiger partial charge in [-0.25, -0.2) is 4.79 Å². The van der Waals surface area contributed by atoms with Crippen LogP contribution in [0.15, 0.2) is 22.8 Å². The Hall–Kier alpha value is -1.58. The minimum Gasteiger partial charge on any atom is -0.456 e. The average Bonchev–Trinajstić information content (AvgIpc) is 2.44. The number of carbonyl (C=O) groups excluding carboxylic acids is 2. The molecule has 1 unspecified atom stereocenters. The van der Waals surface area contributed by atoms with Crippen molar-refractivity contribution in [2.45, 2.75) is 72.5 Å². The van der Waals surface area contributed by atoms with Crippen LogP contribution in [-0.4, -0.2) is 23.6 Å². The van der Waals surface area contributed by atoms with E-state index in [1.807, 2.05) is 33.8 Å². The molecule has 0 aromatic rings. The maximum Gasteiger partial charge on any atom is 0.338 e. The summed E-state index contributed by atoms with van der Waals surface area (Å²) in [6, 6.07) is 0. The van der Waals surface area contributed by atoms with Crippen molar-refractivity contribution in [2.75, 3.05) is 0 Å². The van der Waals surface area contributed by atoms with Crippen molar-refractivity contribution < 1.29 is 19.1 Å². The molecule has 0 bridgehead atoms. The minimum atomic E-state index is -0.791. The monoisotopic (exact) mass is 294 g/mol. The summed E-state index contributed by atoms with van der Waals surface area (Å²) in [6.07, 6.45) is 3.09. The molecule has 0 radical (unpaired) electrons. The van der Waals surface area contributed by atoms with E-state index in [4.69, 9.17) is 9.47 Å². The summed E-state index contributed by atoms with van der Waals surface area (Å²) >= 11 is 0. The molecule has 0 saturated carbocycles. The molecule has 0 amide bonds. The largest absolute Gasteiger partial charge is 0.456 e. The normalized spacial score (nSPS) is 20.9. The van der Waals surface area contributed by atoms with Crippen molar-refractivity contribution in [1.82, 2.24) is 0 Å². The Labute approximate surface area is 127 Å². The Balaban J connectivity index is 2.92. The van der Waals surface area contributed by atoms with Gasteiger partial charge < -0.3 is 9.47 Å². The van der Waals surface area contributed by atoms with E-state index < -0.39 is 11.7 Å². The average molecular weight is 294 g/mol. The lowest BCUT2D eigenvalue weighted by molar-refractivity contribution is -0.175. The first-order valence-corrected chi connectivity index (χ1v) is 7.38. The van der Waals surface area contributed by atoms with Crippen molar-refractivity contribution in [2.24, 2.45) is 0 Å². The third-order valence-electron chi connectivity index (χ3n) is 3.44. The molecular weight excluding hydrogens is 268 g/mol. The van der Waals surface area contributed by atoms with Crippen LogP contribution in [0, 0.1) is 0 Å². The van der Waals surface area contributed by atoms with Gasteiger partial charge in [-0.15, -0.1) is 0 Å². The fourth-order valence-electron chi connectivity index (χ4n) is 2.28. The number of carbonyl (C=O) groups is 2. The summed E-state index contributed by atoms with van der Waals surface area (Å²) in [6.45, 7) is 11.2. The Morgan fingerprint density at radius 3 is 2.43 bits per heavy atom. The molecule has 118 valence electrons. The van der Waals surface area contributed by atoms with Gasteiger partial charge in [0, 0.05) is 6.42 Å². The van der Waals surface area contributed by atoms with Crippen LogP contribution in [0.5, 0.6) is 0 Å². The number of esters is 2. The molecule has 21 heavy (non-hydrogen) atoms. The predicted molar refractivity (Wildman–Crippen MR) is 81.7 cm³/mol. The fraction of sp³-hybridized carbons (Fsp3) is 0.647. The molecule has 4 heteroatoms. The number of rotatable bonds is 3.